The van der Waals surface area contributed by atoms with Crippen LogP contribution in [0.2, 0.25) is 0 Å². The van der Waals surface area contributed by atoms with E-state index >= 15 is 0 Å². The number of carbonyl (C=O) groups excluding carboxylic acids is 1. The molecule has 2 N–H and O–H groups in total. The van der Waals surface area contributed by atoms with Gasteiger partial charge in [-0.2, -0.15) is 0 Å². The Morgan fingerprint density at radius 3 is 2.59 bits per heavy atom. The highest BCUT2D eigenvalue weighted by atomic mass is 16.5. The van der Waals surface area contributed by atoms with Gasteiger partial charge in [0.1, 0.15) is 0 Å². The number of guanidine groups is 1. The quantitative estimate of drug-likeness (QED) is 0.419. The molecule has 1 heterocycles. The summed E-state index contributed by atoms with van der Waals surface area (Å²) in [5.74, 6) is 0.717. The Hall–Kier alpha value is -2.64. The molecule has 7 nitrogen and oxygen atoms in total. The molecule has 0 unspecified atom stereocenters. The summed E-state index contributed by atoms with van der Waals surface area (Å²) in [5.41, 5.74) is 1.37. The number of nitrogens with one attached hydrogen (secondary N) is 2. The molecule has 0 aromatic heterocycles. The minimum atomic E-state index is -0.0576. The van der Waals surface area contributed by atoms with Gasteiger partial charge in [-0.15, -0.1) is 0 Å². The van der Waals surface area contributed by atoms with Gasteiger partial charge in [0, 0.05) is 53.4 Å². The molecule has 1 aliphatic heterocycles. The summed E-state index contributed by atoms with van der Waals surface area (Å²) in [6.45, 7) is 5.89. The third kappa shape index (κ3) is 5.92. The maximum Gasteiger partial charge on any atom is 0.239 e. The monoisotopic (exact) mass is 397 g/mol. The Labute approximate surface area is 172 Å². The average Bonchev–Trinajstić information content (AvgIpc) is 2.76. The standard InChI is InChI=1S/C22H31N5O2/c1-23-22(25-16-21(28)24-10-15-29-2)27-13-11-26(12-14-27)17-19-8-5-7-18-6-3-4-9-20(18)19/h3-9H,10-17H2,1-2H3,(H,23,25)(H,24,28). The van der Waals surface area contributed by atoms with Crippen LogP contribution >= 0.6 is 0 Å². The molecule has 2 aromatic carbocycles. The lowest BCUT2D eigenvalue weighted by atomic mass is 10.0. The van der Waals surface area contributed by atoms with Crippen molar-refractivity contribution in [2.75, 3.05) is 60.0 Å². The highest BCUT2D eigenvalue weighted by Crippen LogP contribution is 2.20. The van der Waals surface area contributed by atoms with E-state index in [1.807, 2.05) is 0 Å². The summed E-state index contributed by atoms with van der Waals surface area (Å²) in [7, 11) is 3.37. The molecular weight excluding hydrogens is 366 g/mol. The van der Waals surface area contributed by atoms with Crippen LogP contribution in [0.3, 0.4) is 0 Å². The average molecular weight is 398 g/mol. The van der Waals surface area contributed by atoms with Crippen LogP contribution in [0.5, 0.6) is 0 Å². The van der Waals surface area contributed by atoms with Crippen LogP contribution in [0.1, 0.15) is 5.56 Å². The van der Waals surface area contributed by atoms with Crippen LogP contribution in [-0.2, 0) is 16.1 Å². The molecule has 7 heteroatoms. The van der Waals surface area contributed by atoms with Crippen molar-refractivity contribution in [3.05, 3.63) is 48.0 Å². The predicted molar refractivity (Wildman–Crippen MR) is 117 cm³/mol. The Balaban J connectivity index is 1.48. The summed E-state index contributed by atoms with van der Waals surface area (Å²) < 4.78 is 4.94. The summed E-state index contributed by atoms with van der Waals surface area (Å²) in [4.78, 5) is 20.9. The normalized spacial score (nSPS) is 15.5. The van der Waals surface area contributed by atoms with Crippen molar-refractivity contribution in [2.24, 2.45) is 4.99 Å². The van der Waals surface area contributed by atoms with Crippen molar-refractivity contribution in [1.29, 1.82) is 0 Å². The molecule has 2 aromatic rings. The number of carbonyl (C=O) groups is 1. The Bertz CT molecular complexity index is 826. The van der Waals surface area contributed by atoms with Crippen molar-refractivity contribution in [2.45, 2.75) is 6.54 Å². The minimum absolute atomic E-state index is 0.0576. The predicted octanol–water partition coefficient (Wildman–Crippen LogP) is 1.30. The molecule has 0 bridgehead atoms. The number of amides is 1. The maximum atomic E-state index is 11.9. The Morgan fingerprint density at radius 2 is 1.83 bits per heavy atom. The lowest BCUT2D eigenvalue weighted by Crippen LogP contribution is -2.53. The Morgan fingerprint density at radius 1 is 1.07 bits per heavy atom. The van der Waals surface area contributed by atoms with Gasteiger partial charge in [0.2, 0.25) is 5.91 Å². The number of hydrogen-bond donors (Lipinski definition) is 2. The minimum Gasteiger partial charge on any atom is -0.383 e. The zero-order valence-corrected chi connectivity index (χ0v) is 17.4. The van der Waals surface area contributed by atoms with Crippen molar-refractivity contribution >= 4 is 22.6 Å². The van der Waals surface area contributed by atoms with E-state index in [2.05, 4.69) is 67.9 Å². The number of methoxy groups -OCH3 is 1. The Kier molecular flexibility index (Phi) is 7.84. The molecule has 1 amide bonds. The van der Waals surface area contributed by atoms with E-state index in [0.29, 0.717) is 13.2 Å². The molecule has 0 spiro atoms. The highest BCUT2D eigenvalue weighted by Gasteiger charge is 2.20. The second-order valence-electron chi connectivity index (χ2n) is 7.14. The second-order valence-corrected chi connectivity index (χ2v) is 7.14. The number of hydrogen-bond acceptors (Lipinski definition) is 4. The smallest absolute Gasteiger partial charge is 0.239 e. The van der Waals surface area contributed by atoms with Gasteiger partial charge in [-0.05, 0) is 16.3 Å². The molecule has 0 radical (unpaired) electrons. The van der Waals surface area contributed by atoms with Crippen molar-refractivity contribution in [1.82, 2.24) is 20.4 Å². The number of aliphatic imine (C=N–C) groups is 1. The lowest BCUT2D eigenvalue weighted by Gasteiger charge is -2.36. The molecule has 0 saturated carbocycles. The molecule has 1 aliphatic rings. The van der Waals surface area contributed by atoms with Gasteiger partial charge in [0.05, 0.1) is 13.2 Å². The molecule has 1 saturated heterocycles. The first-order valence-corrected chi connectivity index (χ1v) is 10.1. The van der Waals surface area contributed by atoms with E-state index < -0.39 is 0 Å². The lowest BCUT2D eigenvalue weighted by molar-refractivity contribution is -0.120. The van der Waals surface area contributed by atoms with Gasteiger partial charge in [-0.25, -0.2) is 0 Å². The van der Waals surface area contributed by atoms with E-state index in [-0.39, 0.29) is 12.5 Å². The zero-order valence-electron chi connectivity index (χ0n) is 17.4. The van der Waals surface area contributed by atoms with E-state index in [1.54, 1.807) is 14.2 Å². The number of piperazine rings is 1. The third-order valence-electron chi connectivity index (χ3n) is 5.19. The van der Waals surface area contributed by atoms with E-state index in [4.69, 9.17) is 4.74 Å². The summed E-state index contributed by atoms with van der Waals surface area (Å²) in [6.07, 6.45) is 0. The van der Waals surface area contributed by atoms with Gasteiger partial charge in [-0.3, -0.25) is 14.7 Å². The highest BCUT2D eigenvalue weighted by molar-refractivity contribution is 5.87. The molecular formula is C22H31N5O2. The number of fused-ring (bicyclic) bond motifs is 1. The summed E-state index contributed by atoms with van der Waals surface area (Å²) in [5, 5.41) is 8.58. The van der Waals surface area contributed by atoms with Crippen molar-refractivity contribution < 1.29 is 9.53 Å². The van der Waals surface area contributed by atoms with Crippen LogP contribution in [0.15, 0.2) is 47.5 Å². The summed E-state index contributed by atoms with van der Waals surface area (Å²) in [6, 6.07) is 15.1. The van der Waals surface area contributed by atoms with Crippen molar-refractivity contribution in [3.8, 4) is 0 Å². The van der Waals surface area contributed by atoms with Gasteiger partial charge >= 0.3 is 0 Å². The molecule has 1 fully saturated rings. The first-order chi connectivity index (χ1) is 14.2. The van der Waals surface area contributed by atoms with Crippen LogP contribution < -0.4 is 10.6 Å². The number of benzene rings is 2. The number of rotatable bonds is 7. The van der Waals surface area contributed by atoms with Crippen LogP contribution in [0.25, 0.3) is 10.8 Å². The first kappa shape index (κ1) is 21.1. The van der Waals surface area contributed by atoms with Gasteiger partial charge in [-0.1, -0.05) is 42.5 Å². The molecule has 29 heavy (non-hydrogen) atoms. The van der Waals surface area contributed by atoms with Crippen LogP contribution in [-0.4, -0.2) is 81.7 Å². The van der Waals surface area contributed by atoms with E-state index in [1.165, 1.54) is 16.3 Å². The fourth-order valence-corrected chi connectivity index (χ4v) is 3.64. The van der Waals surface area contributed by atoms with Crippen molar-refractivity contribution in [3.63, 3.8) is 0 Å². The van der Waals surface area contributed by atoms with Crippen LogP contribution in [0.4, 0.5) is 0 Å². The van der Waals surface area contributed by atoms with E-state index in [0.717, 1.165) is 38.7 Å². The van der Waals surface area contributed by atoms with Gasteiger partial charge < -0.3 is 20.3 Å². The largest absolute Gasteiger partial charge is 0.383 e. The molecule has 3 rings (SSSR count). The maximum absolute atomic E-state index is 11.9. The zero-order chi connectivity index (χ0) is 20.5. The fourth-order valence-electron chi connectivity index (χ4n) is 3.64. The molecule has 0 aliphatic carbocycles. The third-order valence-corrected chi connectivity index (χ3v) is 5.19. The number of ether oxygens (including phenoxy) is 1. The van der Waals surface area contributed by atoms with Gasteiger partial charge in [0.25, 0.3) is 0 Å². The van der Waals surface area contributed by atoms with Gasteiger partial charge in [0.15, 0.2) is 5.96 Å². The number of nitrogens with zero attached hydrogens (tertiary/aromatic N) is 3. The SMILES string of the molecule is CN=C(NCC(=O)NCCOC)N1CCN(Cc2cccc3ccccc23)CC1. The molecule has 0 atom stereocenters. The second kappa shape index (κ2) is 10.8. The molecule has 156 valence electrons. The summed E-state index contributed by atoms with van der Waals surface area (Å²) >= 11 is 0. The van der Waals surface area contributed by atoms with E-state index in [9.17, 15) is 4.79 Å². The van der Waals surface area contributed by atoms with Crippen LogP contribution in [0, 0.1) is 0 Å². The topological polar surface area (TPSA) is 69.2 Å². The fraction of sp³-hybridized carbons (Fsp3) is 0.455. The first-order valence-electron chi connectivity index (χ1n) is 10.1.